The molecule has 3 heteroatoms. The van der Waals surface area contributed by atoms with Gasteiger partial charge in [-0.1, -0.05) is 27.2 Å². The summed E-state index contributed by atoms with van der Waals surface area (Å²) in [5, 5.41) is 9.47. The van der Waals surface area contributed by atoms with E-state index in [0.29, 0.717) is 24.2 Å². The predicted octanol–water partition coefficient (Wildman–Crippen LogP) is 5.25. The molecule has 24 heavy (non-hydrogen) atoms. The number of hydrogen-bond donors (Lipinski definition) is 1. The maximum absolute atomic E-state index is 11.5. The Morgan fingerprint density at radius 3 is 2.88 bits per heavy atom. The van der Waals surface area contributed by atoms with E-state index >= 15 is 0 Å². The average Bonchev–Trinajstić information content (AvgIpc) is 2.96. The maximum Gasteiger partial charge on any atom is 0.303 e. The second-order valence-electron chi connectivity index (χ2n) is 9.28. The Morgan fingerprint density at radius 1 is 1.33 bits per heavy atom. The standard InChI is InChI=1S/C21H30O3/c1-13-14-5-6-18-20(2,12-19(22)23)8-4-9-21(18,3)16(14)11-17-15(13)7-10-24-17/h7,10,13-14,16,18H,4-6,8-9,11-12H2,1-3H3,(H,22,23)/t13-,14+,16-,18-,20-,21-/m1/s1. The lowest BCUT2D eigenvalue weighted by Crippen LogP contribution is -2.55. The first kappa shape index (κ1) is 16.2. The van der Waals surface area contributed by atoms with E-state index in [1.807, 2.05) is 6.26 Å². The van der Waals surface area contributed by atoms with E-state index in [1.54, 1.807) is 0 Å². The van der Waals surface area contributed by atoms with Crippen LogP contribution in [0.15, 0.2) is 16.7 Å². The van der Waals surface area contributed by atoms with E-state index in [1.165, 1.54) is 37.0 Å². The van der Waals surface area contributed by atoms with Crippen molar-refractivity contribution in [3.8, 4) is 0 Å². The molecule has 0 bridgehead atoms. The zero-order valence-electron chi connectivity index (χ0n) is 15.2. The lowest BCUT2D eigenvalue weighted by molar-refractivity contribution is -0.150. The smallest absolute Gasteiger partial charge is 0.303 e. The first-order valence-corrected chi connectivity index (χ1v) is 9.63. The average molecular weight is 330 g/mol. The summed E-state index contributed by atoms with van der Waals surface area (Å²) in [7, 11) is 0. The van der Waals surface area contributed by atoms with Crippen LogP contribution in [0.25, 0.3) is 0 Å². The molecule has 0 spiro atoms. The van der Waals surface area contributed by atoms with Gasteiger partial charge in [0.05, 0.1) is 12.7 Å². The normalized spacial score (nSPS) is 44.3. The lowest BCUT2D eigenvalue weighted by Gasteiger charge is -2.61. The quantitative estimate of drug-likeness (QED) is 0.805. The largest absolute Gasteiger partial charge is 0.481 e. The van der Waals surface area contributed by atoms with E-state index in [2.05, 4.69) is 26.8 Å². The third kappa shape index (κ3) is 2.19. The highest BCUT2D eigenvalue weighted by atomic mass is 16.4. The van der Waals surface area contributed by atoms with Crippen molar-refractivity contribution in [3.63, 3.8) is 0 Å². The highest BCUT2D eigenvalue weighted by Crippen LogP contribution is 2.65. The summed E-state index contributed by atoms with van der Waals surface area (Å²) in [6.45, 7) is 7.08. The first-order valence-electron chi connectivity index (χ1n) is 9.63. The van der Waals surface area contributed by atoms with Gasteiger partial charge >= 0.3 is 5.97 Å². The number of rotatable bonds is 2. The summed E-state index contributed by atoms with van der Waals surface area (Å²) < 4.78 is 5.82. The van der Waals surface area contributed by atoms with Crippen molar-refractivity contribution in [2.45, 2.75) is 71.6 Å². The summed E-state index contributed by atoms with van der Waals surface area (Å²) in [6, 6.07) is 2.17. The van der Waals surface area contributed by atoms with E-state index < -0.39 is 5.97 Å². The van der Waals surface area contributed by atoms with E-state index in [-0.39, 0.29) is 10.8 Å². The van der Waals surface area contributed by atoms with Crippen molar-refractivity contribution >= 4 is 5.97 Å². The van der Waals surface area contributed by atoms with Crippen LogP contribution in [0.5, 0.6) is 0 Å². The number of carbonyl (C=O) groups is 1. The molecule has 3 aliphatic rings. The number of carboxylic acid groups (broad SMARTS) is 1. The maximum atomic E-state index is 11.5. The Bertz CT molecular complexity index is 647. The van der Waals surface area contributed by atoms with Gasteiger partial charge in [-0.05, 0) is 71.8 Å². The van der Waals surface area contributed by atoms with E-state index in [4.69, 9.17) is 4.42 Å². The van der Waals surface area contributed by atoms with Crippen LogP contribution in [0.2, 0.25) is 0 Å². The molecular weight excluding hydrogens is 300 g/mol. The number of fused-ring (bicyclic) bond motifs is 4. The van der Waals surface area contributed by atoms with Gasteiger partial charge in [-0.2, -0.15) is 0 Å². The van der Waals surface area contributed by atoms with Crippen LogP contribution in [-0.2, 0) is 11.2 Å². The Hall–Kier alpha value is -1.25. The molecule has 1 N–H and O–H groups in total. The van der Waals surface area contributed by atoms with Crippen LogP contribution in [0.4, 0.5) is 0 Å². The molecular formula is C21H30O3. The van der Waals surface area contributed by atoms with Crippen LogP contribution in [0, 0.1) is 28.6 Å². The van der Waals surface area contributed by atoms with Crippen molar-refractivity contribution in [2.75, 3.05) is 0 Å². The molecule has 2 fully saturated rings. The van der Waals surface area contributed by atoms with Gasteiger partial charge in [0.2, 0.25) is 0 Å². The van der Waals surface area contributed by atoms with E-state index in [0.717, 1.165) is 18.8 Å². The lowest BCUT2D eigenvalue weighted by atomic mass is 9.43. The zero-order valence-corrected chi connectivity index (χ0v) is 15.2. The van der Waals surface area contributed by atoms with Gasteiger partial charge in [-0.25, -0.2) is 0 Å². The molecule has 0 unspecified atom stereocenters. The second kappa shape index (κ2) is 5.37. The molecule has 1 heterocycles. The van der Waals surface area contributed by atoms with Crippen LogP contribution >= 0.6 is 0 Å². The first-order chi connectivity index (χ1) is 11.3. The van der Waals surface area contributed by atoms with Crippen molar-refractivity contribution in [1.82, 2.24) is 0 Å². The highest BCUT2D eigenvalue weighted by Gasteiger charge is 2.58. The van der Waals surface area contributed by atoms with Gasteiger partial charge in [-0.3, -0.25) is 4.79 Å². The van der Waals surface area contributed by atoms with Crippen LogP contribution in [0.1, 0.15) is 76.5 Å². The summed E-state index contributed by atoms with van der Waals surface area (Å²) in [5.41, 5.74) is 1.63. The van der Waals surface area contributed by atoms with Crippen LogP contribution in [-0.4, -0.2) is 11.1 Å². The van der Waals surface area contributed by atoms with Gasteiger partial charge in [-0.15, -0.1) is 0 Å². The fourth-order valence-corrected chi connectivity index (χ4v) is 7.08. The molecule has 2 saturated carbocycles. The summed E-state index contributed by atoms with van der Waals surface area (Å²) in [5.74, 6) is 3.02. The fourth-order valence-electron chi connectivity index (χ4n) is 7.08. The van der Waals surface area contributed by atoms with Gasteiger partial charge < -0.3 is 9.52 Å². The number of carboxylic acids is 1. The fraction of sp³-hybridized carbons (Fsp3) is 0.762. The Balaban J connectivity index is 1.71. The van der Waals surface area contributed by atoms with Crippen LogP contribution in [0.3, 0.4) is 0 Å². The minimum Gasteiger partial charge on any atom is -0.481 e. The molecule has 0 amide bonds. The zero-order chi connectivity index (χ0) is 17.1. The van der Waals surface area contributed by atoms with Gasteiger partial charge in [0.25, 0.3) is 0 Å². The van der Waals surface area contributed by atoms with Crippen molar-refractivity contribution < 1.29 is 14.3 Å². The SMILES string of the molecule is C[C@H]1c2ccoc2C[C@@H]2[C@H]1CC[C@@H]1[C@@](C)(CC(=O)O)CCC[C@]21C. The van der Waals surface area contributed by atoms with Gasteiger partial charge in [0, 0.05) is 6.42 Å². The van der Waals surface area contributed by atoms with Gasteiger partial charge in [0.15, 0.2) is 0 Å². The molecule has 3 nitrogen and oxygen atoms in total. The van der Waals surface area contributed by atoms with Crippen molar-refractivity contribution in [2.24, 2.45) is 28.6 Å². The summed E-state index contributed by atoms with van der Waals surface area (Å²) in [6.07, 6.45) is 9.15. The highest BCUT2D eigenvalue weighted by molar-refractivity contribution is 5.67. The van der Waals surface area contributed by atoms with Crippen LogP contribution < -0.4 is 0 Å². The molecule has 0 saturated heterocycles. The molecule has 6 atom stereocenters. The molecule has 0 radical (unpaired) electrons. The Morgan fingerprint density at radius 2 is 2.12 bits per heavy atom. The molecule has 0 aliphatic heterocycles. The monoisotopic (exact) mass is 330 g/mol. The minimum atomic E-state index is -0.630. The number of aliphatic carboxylic acids is 1. The van der Waals surface area contributed by atoms with Gasteiger partial charge in [0.1, 0.15) is 5.76 Å². The molecule has 0 aromatic carbocycles. The Kier molecular flexibility index (Phi) is 3.63. The number of furan rings is 1. The molecule has 132 valence electrons. The van der Waals surface area contributed by atoms with Crippen molar-refractivity contribution in [3.05, 3.63) is 23.7 Å². The van der Waals surface area contributed by atoms with Crippen molar-refractivity contribution in [1.29, 1.82) is 0 Å². The Labute approximate surface area is 144 Å². The molecule has 4 rings (SSSR count). The topological polar surface area (TPSA) is 50.4 Å². The third-order valence-corrected chi connectivity index (χ3v) is 8.13. The number of hydrogen-bond acceptors (Lipinski definition) is 2. The molecule has 3 aliphatic carbocycles. The van der Waals surface area contributed by atoms with E-state index in [9.17, 15) is 9.90 Å². The second-order valence-corrected chi connectivity index (χ2v) is 9.28. The third-order valence-electron chi connectivity index (χ3n) is 8.13. The molecule has 1 aromatic rings. The predicted molar refractivity (Wildman–Crippen MR) is 92.8 cm³/mol. The summed E-state index contributed by atoms with van der Waals surface area (Å²) in [4.78, 5) is 11.5. The minimum absolute atomic E-state index is 0.0452. The summed E-state index contributed by atoms with van der Waals surface area (Å²) >= 11 is 0. The molecule has 1 aromatic heterocycles.